The van der Waals surface area contributed by atoms with Crippen LogP contribution in [0.4, 0.5) is 0 Å². The van der Waals surface area contributed by atoms with Gasteiger partial charge in [0.1, 0.15) is 5.76 Å². The third-order valence-corrected chi connectivity index (χ3v) is 2.71. The minimum atomic E-state index is 0.625. The molecule has 2 heterocycles. The van der Waals surface area contributed by atoms with Crippen molar-refractivity contribution in [3.05, 3.63) is 24.2 Å². The first-order chi connectivity index (χ1) is 6.84. The Labute approximate surface area is 85.1 Å². The lowest BCUT2D eigenvalue weighted by Crippen LogP contribution is -2.49. The van der Waals surface area contributed by atoms with E-state index in [9.17, 15) is 0 Å². The second-order valence-electron chi connectivity index (χ2n) is 3.99. The van der Waals surface area contributed by atoms with Gasteiger partial charge in [-0.15, -0.1) is 0 Å². The molecule has 1 fully saturated rings. The largest absolute Gasteiger partial charge is 0.469 e. The van der Waals surface area contributed by atoms with Gasteiger partial charge in [0, 0.05) is 38.6 Å². The van der Waals surface area contributed by atoms with Crippen LogP contribution in [0.25, 0.3) is 0 Å². The second kappa shape index (κ2) is 4.62. The predicted molar refractivity (Wildman–Crippen MR) is 56.3 cm³/mol. The number of furan rings is 1. The minimum absolute atomic E-state index is 0.625. The molecule has 1 aromatic heterocycles. The first kappa shape index (κ1) is 9.74. The molecule has 0 aromatic carbocycles. The van der Waals surface area contributed by atoms with Crippen molar-refractivity contribution in [2.75, 3.05) is 26.2 Å². The van der Waals surface area contributed by atoms with E-state index in [-0.39, 0.29) is 0 Å². The average Bonchev–Trinajstić information content (AvgIpc) is 2.67. The van der Waals surface area contributed by atoms with Crippen molar-refractivity contribution in [1.82, 2.24) is 10.2 Å². The number of piperazine rings is 1. The predicted octanol–water partition coefficient (Wildman–Crippen LogP) is 1.12. The molecule has 0 saturated carbocycles. The van der Waals surface area contributed by atoms with Crippen LogP contribution in [0.5, 0.6) is 0 Å². The van der Waals surface area contributed by atoms with Crippen LogP contribution in [0, 0.1) is 0 Å². The van der Waals surface area contributed by atoms with Gasteiger partial charge in [0.05, 0.1) is 6.26 Å². The lowest BCUT2D eigenvalue weighted by Gasteiger charge is -2.31. The lowest BCUT2D eigenvalue weighted by atomic mass is 10.2. The molecule has 1 saturated heterocycles. The summed E-state index contributed by atoms with van der Waals surface area (Å²) >= 11 is 0. The SMILES string of the molecule is CC1CN(CCc2ccco2)CCN1. The Balaban J connectivity index is 1.75. The van der Waals surface area contributed by atoms with Crippen LogP contribution in [-0.4, -0.2) is 37.1 Å². The molecule has 1 N–H and O–H groups in total. The van der Waals surface area contributed by atoms with Gasteiger partial charge < -0.3 is 14.6 Å². The Hall–Kier alpha value is -0.800. The van der Waals surface area contributed by atoms with Crippen LogP contribution in [0.2, 0.25) is 0 Å². The minimum Gasteiger partial charge on any atom is -0.469 e. The smallest absolute Gasteiger partial charge is 0.105 e. The topological polar surface area (TPSA) is 28.4 Å². The van der Waals surface area contributed by atoms with E-state index in [1.807, 2.05) is 12.1 Å². The number of hydrogen-bond acceptors (Lipinski definition) is 3. The lowest BCUT2D eigenvalue weighted by molar-refractivity contribution is 0.206. The second-order valence-corrected chi connectivity index (χ2v) is 3.99. The van der Waals surface area contributed by atoms with Gasteiger partial charge in [-0.2, -0.15) is 0 Å². The molecule has 0 spiro atoms. The molecular weight excluding hydrogens is 176 g/mol. The molecule has 14 heavy (non-hydrogen) atoms. The van der Waals surface area contributed by atoms with Gasteiger partial charge in [0.25, 0.3) is 0 Å². The standard InChI is InChI=1S/C11H18N2O/c1-10-9-13(7-5-12-10)6-4-11-3-2-8-14-11/h2-3,8,10,12H,4-7,9H2,1H3. The zero-order chi connectivity index (χ0) is 9.80. The highest BCUT2D eigenvalue weighted by Gasteiger charge is 2.14. The number of nitrogens with zero attached hydrogens (tertiary/aromatic N) is 1. The Bertz CT molecular complexity index is 258. The fourth-order valence-corrected chi connectivity index (χ4v) is 1.94. The fraction of sp³-hybridized carbons (Fsp3) is 0.636. The highest BCUT2D eigenvalue weighted by molar-refractivity contribution is 4.98. The monoisotopic (exact) mass is 194 g/mol. The third kappa shape index (κ3) is 2.59. The molecule has 0 amide bonds. The van der Waals surface area contributed by atoms with Crippen molar-refractivity contribution in [3.8, 4) is 0 Å². The van der Waals surface area contributed by atoms with Crippen molar-refractivity contribution < 1.29 is 4.42 Å². The summed E-state index contributed by atoms with van der Waals surface area (Å²) in [6.45, 7) is 6.77. The fourth-order valence-electron chi connectivity index (χ4n) is 1.94. The summed E-state index contributed by atoms with van der Waals surface area (Å²) in [5, 5.41) is 3.44. The van der Waals surface area contributed by atoms with Crippen LogP contribution in [-0.2, 0) is 6.42 Å². The molecule has 2 rings (SSSR count). The van der Waals surface area contributed by atoms with Crippen molar-refractivity contribution in [2.45, 2.75) is 19.4 Å². The molecule has 1 aliphatic rings. The molecule has 3 heteroatoms. The molecule has 1 atom stereocenters. The van der Waals surface area contributed by atoms with Gasteiger partial charge in [-0.3, -0.25) is 0 Å². The van der Waals surface area contributed by atoms with E-state index >= 15 is 0 Å². The van der Waals surface area contributed by atoms with E-state index < -0.39 is 0 Å². The van der Waals surface area contributed by atoms with Gasteiger partial charge in [0.15, 0.2) is 0 Å². The molecule has 1 aliphatic heterocycles. The van der Waals surface area contributed by atoms with Crippen LogP contribution in [0.3, 0.4) is 0 Å². The van der Waals surface area contributed by atoms with E-state index in [0.29, 0.717) is 6.04 Å². The summed E-state index contributed by atoms with van der Waals surface area (Å²) in [5.41, 5.74) is 0. The maximum absolute atomic E-state index is 5.31. The van der Waals surface area contributed by atoms with E-state index in [1.165, 1.54) is 0 Å². The van der Waals surface area contributed by atoms with Crippen molar-refractivity contribution in [1.29, 1.82) is 0 Å². The van der Waals surface area contributed by atoms with Crippen molar-refractivity contribution in [3.63, 3.8) is 0 Å². The van der Waals surface area contributed by atoms with Gasteiger partial charge in [0.2, 0.25) is 0 Å². The average molecular weight is 194 g/mol. The van der Waals surface area contributed by atoms with Crippen LogP contribution < -0.4 is 5.32 Å². The molecule has 0 aliphatic carbocycles. The van der Waals surface area contributed by atoms with Gasteiger partial charge in [-0.05, 0) is 19.1 Å². The van der Waals surface area contributed by atoms with Gasteiger partial charge in [-0.25, -0.2) is 0 Å². The highest BCUT2D eigenvalue weighted by atomic mass is 16.3. The summed E-state index contributed by atoms with van der Waals surface area (Å²) in [7, 11) is 0. The van der Waals surface area contributed by atoms with Crippen molar-refractivity contribution in [2.24, 2.45) is 0 Å². The number of hydrogen-bond donors (Lipinski definition) is 1. The Morgan fingerprint density at radius 3 is 3.29 bits per heavy atom. The summed E-state index contributed by atoms with van der Waals surface area (Å²) in [5.74, 6) is 1.09. The first-order valence-corrected chi connectivity index (χ1v) is 5.33. The van der Waals surface area contributed by atoms with Crippen LogP contribution in [0.15, 0.2) is 22.8 Å². The highest BCUT2D eigenvalue weighted by Crippen LogP contribution is 2.04. The Kier molecular flexibility index (Phi) is 3.22. The summed E-state index contributed by atoms with van der Waals surface area (Å²) in [6.07, 6.45) is 2.77. The normalized spacial score (nSPS) is 23.9. The summed E-state index contributed by atoms with van der Waals surface area (Å²) < 4.78 is 5.31. The molecule has 78 valence electrons. The van der Waals surface area contributed by atoms with Gasteiger partial charge in [-0.1, -0.05) is 0 Å². The zero-order valence-corrected chi connectivity index (χ0v) is 8.70. The Morgan fingerprint density at radius 1 is 1.64 bits per heavy atom. The van der Waals surface area contributed by atoms with E-state index in [4.69, 9.17) is 4.42 Å². The maximum Gasteiger partial charge on any atom is 0.105 e. The quantitative estimate of drug-likeness (QED) is 0.781. The Morgan fingerprint density at radius 2 is 2.57 bits per heavy atom. The molecule has 1 aromatic rings. The third-order valence-electron chi connectivity index (χ3n) is 2.71. The van der Waals surface area contributed by atoms with Crippen LogP contribution in [0.1, 0.15) is 12.7 Å². The number of rotatable bonds is 3. The molecule has 1 unspecified atom stereocenters. The molecule has 3 nitrogen and oxygen atoms in total. The summed E-state index contributed by atoms with van der Waals surface area (Å²) in [4.78, 5) is 2.49. The van der Waals surface area contributed by atoms with E-state index in [1.54, 1.807) is 6.26 Å². The zero-order valence-electron chi connectivity index (χ0n) is 8.70. The van der Waals surface area contributed by atoms with Crippen LogP contribution >= 0.6 is 0 Å². The molecule has 0 radical (unpaired) electrons. The molecular formula is C11H18N2O. The van der Waals surface area contributed by atoms with Crippen molar-refractivity contribution >= 4 is 0 Å². The van der Waals surface area contributed by atoms with Gasteiger partial charge >= 0.3 is 0 Å². The first-order valence-electron chi connectivity index (χ1n) is 5.33. The van der Waals surface area contributed by atoms with E-state index in [2.05, 4.69) is 17.1 Å². The van der Waals surface area contributed by atoms with E-state index in [0.717, 1.165) is 38.4 Å². The molecule has 0 bridgehead atoms. The summed E-state index contributed by atoms with van der Waals surface area (Å²) in [6, 6.07) is 4.63. The maximum atomic E-state index is 5.31. The number of nitrogens with one attached hydrogen (secondary N) is 1.